The Labute approximate surface area is 141 Å². The van der Waals surface area contributed by atoms with Gasteiger partial charge in [0.2, 0.25) is 0 Å². The average Bonchev–Trinajstić information content (AvgIpc) is 2.44. The van der Waals surface area contributed by atoms with Gasteiger partial charge in [-0.05, 0) is 54.7 Å². The number of ether oxygens (including phenoxy) is 2. The van der Waals surface area contributed by atoms with E-state index in [1.54, 1.807) is 7.11 Å². The van der Waals surface area contributed by atoms with Crippen LogP contribution in [0, 0.1) is 13.8 Å². The fourth-order valence-electron chi connectivity index (χ4n) is 2.14. The fourth-order valence-corrected chi connectivity index (χ4v) is 3.21. The van der Waals surface area contributed by atoms with Crippen molar-refractivity contribution in [3.8, 4) is 11.5 Å². The lowest BCUT2D eigenvalue weighted by Gasteiger charge is -2.37. The Morgan fingerprint density at radius 1 is 1.17 bits per heavy atom. The lowest BCUT2D eigenvalue weighted by atomic mass is 9.98. The first-order valence-electron chi connectivity index (χ1n) is 7.87. The number of methoxy groups -OCH3 is 2. The molecule has 0 saturated carbocycles. The second-order valence-corrected chi connectivity index (χ2v) is 12.2. The first-order valence-corrected chi connectivity index (χ1v) is 10.8. The minimum atomic E-state index is -2.01. The van der Waals surface area contributed by atoms with E-state index in [-0.39, 0.29) is 17.4 Å². The van der Waals surface area contributed by atoms with Crippen LogP contribution in [-0.2, 0) is 16.0 Å². The van der Waals surface area contributed by atoms with E-state index in [2.05, 4.69) is 33.9 Å². The molecule has 0 amide bonds. The highest BCUT2D eigenvalue weighted by atomic mass is 28.4. The van der Waals surface area contributed by atoms with Crippen molar-refractivity contribution in [2.45, 2.75) is 59.2 Å². The zero-order chi connectivity index (χ0) is 18.0. The highest BCUT2D eigenvalue weighted by molar-refractivity contribution is 6.74. The van der Waals surface area contributed by atoms with Crippen LogP contribution in [0.2, 0.25) is 18.1 Å². The maximum atomic E-state index is 11.7. The van der Waals surface area contributed by atoms with Crippen molar-refractivity contribution < 1.29 is 18.7 Å². The Balaban J connectivity index is 3.40. The van der Waals surface area contributed by atoms with Crippen molar-refractivity contribution in [2.75, 3.05) is 14.2 Å². The van der Waals surface area contributed by atoms with Gasteiger partial charge in [-0.2, -0.15) is 0 Å². The molecule has 0 bridgehead atoms. The van der Waals surface area contributed by atoms with Crippen molar-refractivity contribution in [2.24, 2.45) is 0 Å². The minimum absolute atomic E-state index is 0.0812. The number of benzene rings is 1. The second kappa shape index (κ2) is 6.95. The summed E-state index contributed by atoms with van der Waals surface area (Å²) in [7, 11) is 1.04. The lowest BCUT2D eigenvalue weighted by Crippen LogP contribution is -2.44. The monoisotopic (exact) mass is 338 g/mol. The van der Waals surface area contributed by atoms with Crippen LogP contribution in [0.5, 0.6) is 11.5 Å². The third-order valence-electron chi connectivity index (χ3n) is 4.77. The zero-order valence-electron chi connectivity index (χ0n) is 15.9. The smallest absolute Gasteiger partial charge is 0.309 e. The molecule has 0 aromatic heterocycles. The molecule has 1 aromatic carbocycles. The molecule has 130 valence electrons. The number of esters is 1. The van der Waals surface area contributed by atoms with E-state index in [0.717, 1.165) is 28.2 Å². The predicted octanol–water partition coefficient (Wildman–Crippen LogP) is 4.41. The molecule has 0 heterocycles. The fraction of sp³-hybridized carbons (Fsp3) is 0.611. The van der Waals surface area contributed by atoms with E-state index in [0.29, 0.717) is 0 Å². The van der Waals surface area contributed by atoms with Crippen molar-refractivity contribution in [1.82, 2.24) is 0 Å². The first kappa shape index (κ1) is 19.6. The van der Waals surface area contributed by atoms with E-state index in [9.17, 15) is 4.79 Å². The molecule has 0 aliphatic carbocycles. The van der Waals surface area contributed by atoms with Crippen molar-refractivity contribution in [3.05, 3.63) is 22.8 Å². The summed E-state index contributed by atoms with van der Waals surface area (Å²) in [6.07, 6.45) is 0.242. The molecule has 0 radical (unpaired) electrons. The molecule has 0 N–H and O–H groups in total. The first-order chi connectivity index (χ1) is 10.4. The number of hydrogen-bond acceptors (Lipinski definition) is 4. The molecule has 0 unspecified atom stereocenters. The van der Waals surface area contributed by atoms with Crippen LogP contribution in [0.4, 0.5) is 0 Å². The summed E-state index contributed by atoms with van der Waals surface area (Å²) in [4.78, 5) is 11.7. The Bertz CT molecular complexity index is 586. The Hall–Kier alpha value is -1.49. The van der Waals surface area contributed by atoms with Gasteiger partial charge in [-0.3, -0.25) is 4.79 Å². The SMILES string of the molecule is COC(=O)Cc1c(C)cc(OC)c(O[Si](C)(C)C(C)(C)C)c1C. The van der Waals surface area contributed by atoms with Crippen molar-refractivity contribution in [3.63, 3.8) is 0 Å². The number of carbonyl (C=O) groups is 1. The van der Waals surface area contributed by atoms with Crippen LogP contribution in [0.1, 0.15) is 37.5 Å². The molecular formula is C18H30O4Si. The number of aryl methyl sites for hydroxylation is 1. The minimum Gasteiger partial charge on any atom is -0.541 e. The van der Waals surface area contributed by atoms with Crippen LogP contribution in [0.3, 0.4) is 0 Å². The van der Waals surface area contributed by atoms with E-state index in [4.69, 9.17) is 13.9 Å². The summed E-state index contributed by atoms with van der Waals surface area (Å²) in [6.45, 7) is 15.0. The van der Waals surface area contributed by atoms with Crippen LogP contribution >= 0.6 is 0 Å². The Morgan fingerprint density at radius 3 is 2.17 bits per heavy atom. The maximum absolute atomic E-state index is 11.7. The summed E-state index contributed by atoms with van der Waals surface area (Å²) in [5.74, 6) is 1.22. The van der Waals surface area contributed by atoms with Gasteiger partial charge in [0.1, 0.15) is 5.75 Å². The molecule has 1 aromatic rings. The standard InChI is InChI=1S/C18H30O4Si/c1-12-10-15(20-6)17(22-23(8,9)18(3,4)5)13(2)14(12)11-16(19)21-7/h10H,11H2,1-9H3. The van der Waals surface area contributed by atoms with E-state index < -0.39 is 8.32 Å². The lowest BCUT2D eigenvalue weighted by molar-refractivity contribution is -0.139. The van der Waals surface area contributed by atoms with E-state index in [1.807, 2.05) is 19.9 Å². The largest absolute Gasteiger partial charge is 0.541 e. The quantitative estimate of drug-likeness (QED) is 0.589. The maximum Gasteiger partial charge on any atom is 0.309 e. The number of hydrogen-bond donors (Lipinski definition) is 0. The number of rotatable bonds is 5. The van der Waals surface area contributed by atoms with Gasteiger partial charge < -0.3 is 13.9 Å². The molecule has 0 aliphatic heterocycles. The number of carbonyl (C=O) groups excluding carboxylic acids is 1. The van der Waals surface area contributed by atoms with Crippen LogP contribution in [0.15, 0.2) is 6.07 Å². The summed E-state index contributed by atoms with van der Waals surface area (Å²) in [5.41, 5.74) is 2.91. The van der Waals surface area contributed by atoms with Crippen LogP contribution < -0.4 is 9.16 Å². The van der Waals surface area contributed by atoms with Crippen molar-refractivity contribution >= 4 is 14.3 Å². The van der Waals surface area contributed by atoms with Crippen molar-refractivity contribution in [1.29, 1.82) is 0 Å². The van der Waals surface area contributed by atoms with Gasteiger partial charge in [0.15, 0.2) is 5.75 Å². The third kappa shape index (κ3) is 4.28. The zero-order valence-corrected chi connectivity index (χ0v) is 16.9. The van der Waals surface area contributed by atoms with Gasteiger partial charge in [0, 0.05) is 0 Å². The second-order valence-electron chi connectivity index (χ2n) is 7.44. The molecule has 0 saturated heterocycles. The highest BCUT2D eigenvalue weighted by Gasteiger charge is 2.40. The molecule has 0 aliphatic rings. The molecule has 0 atom stereocenters. The molecule has 1 rings (SSSR count). The normalized spacial score (nSPS) is 12.0. The van der Waals surface area contributed by atoms with Gasteiger partial charge in [0.05, 0.1) is 20.6 Å². The van der Waals surface area contributed by atoms with Crippen LogP contribution in [0.25, 0.3) is 0 Å². The highest BCUT2D eigenvalue weighted by Crippen LogP contribution is 2.43. The summed E-state index contributed by atoms with van der Waals surface area (Å²) >= 11 is 0. The molecular weight excluding hydrogens is 308 g/mol. The van der Waals surface area contributed by atoms with Crippen LogP contribution in [-0.4, -0.2) is 28.5 Å². The predicted molar refractivity (Wildman–Crippen MR) is 96.0 cm³/mol. The summed E-state index contributed by atoms with van der Waals surface area (Å²) < 4.78 is 16.8. The van der Waals surface area contributed by atoms with Gasteiger partial charge >= 0.3 is 5.97 Å². The topological polar surface area (TPSA) is 44.8 Å². The van der Waals surface area contributed by atoms with Gasteiger partial charge in [0.25, 0.3) is 8.32 Å². The van der Waals surface area contributed by atoms with Gasteiger partial charge in [-0.1, -0.05) is 20.8 Å². The van der Waals surface area contributed by atoms with E-state index in [1.165, 1.54) is 7.11 Å². The Kier molecular flexibility index (Phi) is 5.91. The average molecular weight is 339 g/mol. The Morgan fingerprint density at radius 2 is 1.74 bits per heavy atom. The summed E-state index contributed by atoms with van der Waals surface area (Å²) in [5, 5.41) is 0.0812. The molecule has 0 fully saturated rings. The molecule has 5 heteroatoms. The molecule has 23 heavy (non-hydrogen) atoms. The van der Waals surface area contributed by atoms with Gasteiger partial charge in [-0.25, -0.2) is 0 Å². The molecule has 4 nitrogen and oxygen atoms in total. The summed E-state index contributed by atoms with van der Waals surface area (Å²) in [6, 6.07) is 1.94. The third-order valence-corrected chi connectivity index (χ3v) is 9.10. The molecule has 0 spiro atoms. The van der Waals surface area contributed by atoms with E-state index >= 15 is 0 Å². The van der Waals surface area contributed by atoms with Gasteiger partial charge in [-0.15, -0.1) is 0 Å².